The van der Waals surface area contributed by atoms with Crippen LogP contribution in [-0.2, 0) is 17.8 Å². The number of carbonyl (C=O) groups excluding carboxylic acids is 1. The lowest BCUT2D eigenvalue weighted by Crippen LogP contribution is -2.36. The van der Waals surface area contributed by atoms with E-state index in [4.69, 9.17) is 4.74 Å². The van der Waals surface area contributed by atoms with E-state index >= 15 is 0 Å². The van der Waals surface area contributed by atoms with Gasteiger partial charge in [0, 0.05) is 31.4 Å². The molecule has 27 heavy (non-hydrogen) atoms. The molecule has 0 aromatic heterocycles. The van der Waals surface area contributed by atoms with Crippen molar-refractivity contribution in [3.05, 3.63) is 59.7 Å². The Hall–Kier alpha value is -2.49. The Labute approximate surface area is 176 Å². The van der Waals surface area contributed by atoms with Gasteiger partial charge in [0.1, 0.15) is 5.75 Å². The van der Waals surface area contributed by atoms with Crippen molar-refractivity contribution in [2.75, 3.05) is 26.6 Å². The fraction of sp³-hybridized carbons (Fsp3) is 0.263. The van der Waals surface area contributed by atoms with Crippen molar-refractivity contribution >= 4 is 41.7 Å². The molecule has 2 aromatic rings. The van der Waals surface area contributed by atoms with E-state index in [1.165, 1.54) is 7.11 Å². The lowest BCUT2D eigenvalue weighted by atomic mass is 10.2. The third kappa shape index (κ3) is 7.33. The summed E-state index contributed by atoms with van der Waals surface area (Å²) >= 11 is 0. The first-order chi connectivity index (χ1) is 12.7. The number of nitrogens with zero attached hydrogens (tertiary/aromatic N) is 1. The van der Waals surface area contributed by atoms with Crippen LogP contribution in [0.15, 0.2) is 53.5 Å². The zero-order valence-electron chi connectivity index (χ0n) is 15.6. The Balaban J connectivity index is 0.00000364. The summed E-state index contributed by atoms with van der Waals surface area (Å²) in [5, 5.41) is 9.13. The molecule has 8 heteroatoms. The average molecular weight is 484 g/mol. The highest BCUT2D eigenvalue weighted by molar-refractivity contribution is 14.0. The monoisotopic (exact) mass is 484 g/mol. The maximum Gasteiger partial charge on any atom is 0.411 e. The van der Waals surface area contributed by atoms with Crippen LogP contribution in [0.25, 0.3) is 0 Å². The standard InChI is InChI=1S/C19H24N4O3.HI/c1-20-18(22-13-15-6-4-5-7-17(15)25-2)21-12-14-8-10-16(11-9-14)23-19(24)26-3;/h4-11H,12-13H2,1-3H3,(H,23,24)(H2,20,21,22);1H. The number of amides is 1. The van der Waals surface area contributed by atoms with Crippen molar-refractivity contribution in [2.45, 2.75) is 13.1 Å². The molecule has 0 saturated carbocycles. The second kappa shape index (κ2) is 12.0. The molecule has 7 nitrogen and oxygen atoms in total. The Bertz CT molecular complexity index is 751. The fourth-order valence-electron chi connectivity index (χ4n) is 2.31. The minimum Gasteiger partial charge on any atom is -0.496 e. The molecule has 3 N–H and O–H groups in total. The molecule has 0 heterocycles. The molecule has 0 bridgehead atoms. The second-order valence-corrected chi connectivity index (χ2v) is 5.40. The van der Waals surface area contributed by atoms with Crippen molar-refractivity contribution in [1.29, 1.82) is 0 Å². The molecule has 0 aliphatic carbocycles. The Morgan fingerprint density at radius 2 is 1.67 bits per heavy atom. The van der Waals surface area contributed by atoms with Gasteiger partial charge in [-0.1, -0.05) is 30.3 Å². The maximum absolute atomic E-state index is 11.2. The SMILES string of the molecule is CN=C(NCc1ccc(NC(=O)OC)cc1)NCc1ccccc1OC.I. The van der Waals surface area contributed by atoms with Gasteiger partial charge in [-0.15, -0.1) is 24.0 Å². The molecule has 0 aliphatic heterocycles. The van der Waals surface area contributed by atoms with E-state index in [9.17, 15) is 4.79 Å². The Kier molecular flexibility index (Phi) is 10.0. The van der Waals surface area contributed by atoms with Gasteiger partial charge in [0.05, 0.1) is 14.2 Å². The molecule has 2 aromatic carbocycles. The predicted octanol–water partition coefficient (Wildman–Crippen LogP) is 3.36. The van der Waals surface area contributed by atoms with Crippen LogP contribution in [0, 0.1) is 0 Å². The average Bonchev–Trinajstić information content (AvgIpc) is 2.69. The quantitative estimate of drug-likeness (QED) is 0.333. The Morgan fingerprint density at radius 1 is 1.00 bits per heavy atom. The van der Waals surface area contributed by atoms with Crippen molar-refractivity contribution in [3.8, 4) is 5.75 Å². The number of benzene rings is 2. The molecular formula is C19H25IN4O3. The van der Waals surface area contributed by atoms with Crippen LogP contribution < -0.4 is 20.7 Å². The molecule has 2 rings (SSSR count). The highest BCUT2D eigenvalue weighted by atomic mass is 127. The molecular weight excluding hydrogens is 459 g/mol. The first-order valence-electron chi connectivity index (χ1n) is 8.16. The number of para-hydroxylation sites is 1. The fourth-order valence-corrected chi connectivity index (χ4v) is 2.31. The van der Waals surface area contributed by atoms with Crippen molar-refractivity contribution in [3.63, 3.8) is 0 Å². The van der Waals surface area contributed by atoms with E-state index in [0.717, 1.165) is 16.9 Å². The zero-order valence-corrected chi connectivity index (χ0v) is 17.9. The van der Waals surface area contributed by atoms with E-state index in [-0.39, 0.29) is 24.0 Å². The second-order valence-electron chi connectivity index (χ2n) is 5.40. The predicted molar refractivity (Wildman–Crippen MR) is 118 cm³/mol. The summed E-state index contributed by atoms with van der Waals surface area (Å²) in [6.45, 7) is 1.20. The van der Waals surface area contributed by atoms with Gasteiger partial charge in [-0.3, -0.25) is 10.3 Å². The van der Waals surface area contributed by atoms with Crippen LogP contribution in [0.1, 0.15) is 11.1 Å². The van der Waals surface area contributed by atoms with Crippen LogP contribution in [0.4, 0.5) is 10.5 Å². The van der Waals surface area contributed by atoms with Gasteiger partial charge < -0.3 is 20.1 Å². The van der Waals surface area contributed by atoms with Gasteiger partial charge in [-0.25, -0.2) is 4.79 Å². The van der Waals surface area contributed by atoms with Gasteiger partial charge in [-0.05, 0) is 23.8 Å². The first-order valence-corrected chi connectivity index (χ1v) is 8.16. The van der Waals surface area contributed by atoms with E-state index in [1.54, 1.807) is 14.2 Å². The third-order valence-corrected chi connectivity index (χ3v) is 3.71. The largest absolute Gasteiger partial charge is 0.496 e. The third-order valence-electron chi connectivity index (χ3n) is 3.71. The number of halogens is 1. The molecule has 0 atom stereocenters. The smallest absolute Gasteiger partial charge is 0.411 e. The molecule has 0 fully saturated rings. The number of rotatable bonds is 6. The number of anilines is 1. The summed E-state index contributed by atoms with van der Waals surface area (Å²) < 4.78 is 9.91. The molecule has 0 unspecified atom stereocenters. The number of hydrogen-bond donors (Lipinski definition) is 3. The van der Waals surface area contributed by atoms with E-state index < -0.39 is 6.09 Å². The Morgan fingerprint density at radius 3 is 2.30 bits per heavy atom. The number of methoxy groups -OCH3 is 2. The molecule has 0 spiro atoms. The van der Waals surface area contributed by atoms with E-state index in [2.05, 4.69) is 25.7 Å². The van der Waals surface area contributed by atoms with Crippen LogP contribution >= 0.6 is 24.0 Å². The van der Waals surface area contributed by atoms with Crippen LogP contribution in [0.2, 0.25) is 0 Å². The number of hydrogen-bond acceptors (Lipinski definition) is 4. The normalized spacial score (nSPS) is 10.4. The van der Waals surface area contributed by atoms with Crippen molar-refractivity contribution < 1.29 is 14.3 Å². The maximum atomic E-state index is 11.2. The molecule has 0 radical (unpaired) electrons. The van der Waals surface area contributed by atoms with Gasteiger partial charge in [0.15, 0.2) is 5.96 Å². The summed E-state index contributed by atoms with van der Waals surface area (Å²) in [6.07, 6.45) is -0.489. The van der Waals surface area contributed by atoms with Gasteiger partial charge >= 0.3 is 6.09 Å². The van der Waals surface area contributed by atoms with Crippen LogP contribution in [0.3, 0.4) is 0 Å². The van der Waals surface area contributed by atoms with E-state index in [0.29, 0.717) is 24.7 Å². The minimum absolute atomic E-state index is 0. The van der Waals surface area contributed by atoms with Gasteiger partial charge in [-0.2, -0.15) is 0 Å². The van der Waals surface area contributed by atoms with Gasteiger partial charge in [0.2, 0.25) is 0 Å². The molecule has 1 amide bonds. The number of nitrogens with one attached hydrogen (secondary N) is 3. The van der Waals surface area contributed by atoms with Gasteiger partial charge in [0.25, 0.3) is 0 Å². The molecule has 0 saturated heterocycles. The highest BCUT2D eigenvalue weighted by Gasteiger charge is 2.04. The van der Waals surface area contributed by atoms with Crippen molar-refractivity contribution in [2.24, 2.45) is 4.99 Å². The number of aliphatic imine (C=N–C) groups is 1. The first kappa shape index (κ1) is 22.6. The summed E-state index contributed by atoms with van der Waals surface area (Å²) in [6, 6.07) is 15.3. The number of carbonyl (C=O) groups is 1. The lowest BCUT2D eigenvalue weighted by Gasteiger charge is -2.14. The summed E-state index contributed by atoms with van der Waals surface area (Å²) in [4.78, 5) is 15.4. The van der Waals surface area contributed by atoms with Crippen LogP contribution in [-0.4, -0.2) is 33.3 Å². The summed E-state index contributed by atoms with van der Waals surface area (Å²) in [5.41, 5.74) is 2.79. The zero-order chi connectivity index (χ0) is 18.8. The number of guanidine groups is 1. The minimum atomic E-state index is -0.489. The number of ether oxygens (including phenoxy) is 2. The highest BCUT2D eigenvalue weighted by Crippen LogP contribution is 2.16. The topological polar surface area (TPSA) is 84.0 Å². The summed E-state index contributed by atoms with van der Waals surface area (Å²) in [7, 11) is 4.71. The van der Waals surface area contributed by atoms with E-state index in [1.807, 2.05) is 48.5 Å². The lowest BCUT2D eigenvalue weighted by molar-refractivity contribution is 0.187. The molecule has 146 valence electrons. The summed E-state index contributed by atoms with van der Waals surface area (Å²) in [5.74, 6) is 1.52. The van der Waals surface area contributed by atoms with Crippen molar-refractivity contribution in [1.82, 2.24) is 10.6 Å². The molecule has 0 aliphatic rings. The van der Waals surface area contributed by atoms with Crippen LogP contribution in [0.5, 0.6) is 5.75 Å².